The van der Waals surface area contributed by atoms with E-state index in [1.54, 1.807) is 6.08 Å². The molecule has 0 aromatic rings. The van der Waals surface area contributed by atoms with Crippen LogP contribution in [0.25, 0.3) is 0 Å². The maximum absolute atomic E-state index is 10.4. The molecule has 0 amide bonds. The van der Waals surface area contributed by atoms with E-state index in [0.717, 1.165) is 0 Å². The fraction of sp³-hybridized carbons (Fsp3) is 0.500. The van der Waals surface area contributed by atoms with Gasteiger partial charge in [-0.3, -0.25) is 0 Å². The molecule has 0 aromatic heterocycles. The van der Waals surface area contributed by atoms with Gasteiger partial charge in [-0.05, 0) is 0 Å². The molecule has 1 N–H and O–H groups in total. The zero-order chi connectivity index (χ0) is 6.69. The third kappa shape index (κ3) is 1.54. The average molecular weight is 128 g/mol. The molecule has 0 unspecified atom stereocenters. The third-order valence-electron chi connectivity index (χ3n) is 1.14. The van der Waals surface area contributed by atoms with E-state index in [2.05, 4.69) is 4.74 Å². The van der Waals surface area contributed by atoms with Crippen LogP contribution in [-0.4, -0.2) is 23.8 Å². The highest BCUT2D eigenvalue weighted by Gasteiger charge is 2.13. The molecular formula is C6H8O3. The van der Waals surface area contributed by atoms with E-state index in [1.165, 1.54) is 6.08 Å². The van der Waals surface area contributed by atoms with E-state index < -0.39 is 0 Å². The summed E-state index contributed by atoms with van der Waals surface area (Å²) in [5, 5.41) is 8.50. The maximum atomic E-state index is 10.4. The van der Waals surface area contributed by atoms with E-state index >= 15 is 0 Å². The number of cyclic esters (lactones) is 1. The van der Waals surface area contributed by atoms with Crippen molar-refractivity contribution in [2.24, 2.45) is 0 Å². The Morgan fingerprint density at radius 3 is 3.11 bits per heavy atom. The van der Waals surface area contributed by atoms with Gasteiger partial charge in [-0.15, -0.1) is 0 Å². The first-order valence-corrected chi connectivity index (χ1v) is 2.81. The van der Waals surface area contributed by atoms with Gasteiger partial charge in [0.2, 0.25) is 0 Å². The van der Waals surface area contributed by atoms with Crippen LogP contribution in [0, 0.1) is 0 Å². The van der Waals surface area contributed by atoms with Gasteiger partial charge in [-0.2, -0.15) is 0 Å². The number of carbonyl (C=O) groups is 1. The molecule has 0 fully saturated rings. The van der Waals surface area contributed by atoms with Crippen LogP contribution in [0.2, 0.25) is 0 Å². The lowest BCUT2D eigenvalue weighted by atomic mass is 10.2. The van der Waals surface area contributed by atoms with Crippen molar-refractivity contribution in [1.29, 1.82) is 0 Å². The predicted molar refractivity (Wildman–Crippen MR) is 30.7 cm³/mol. The van der Waals surface area contributed by atoms with E-state index in [9.17, 15) is 4.79 Å². The third-order valence-corrected chi connectivity index (χ3v) is 1.14. The summed E-state index contributed by atoms with van der Waals surface area (Å²) in [7, 11) is 0. The number of esters is 1. The Labute approximate surface area is 52.9 Å². The summed E-state index contributed by atoms with van der Waals surface area (Å²) in [6.07, 6.45) is 3.38. The van der Waals surface area contributed by atoms with Gasteiger partial charge in [0.05, 0.1) is 6.61 Å². The van der Waals surface area contributed by atoms with Crippen LogP contribution >= 0.6 is 0 Å². The molecule has 3 nitrogen and oxygen atoms in total. The first-order chi connectivity index (χ1) is 4.33. The molecule has 0 aromatic carbocycles. The van der Waals surface area contributed by atoms with Gasteiger partial charge in [0.1, 0.15) is 6.10 Å². The molecule has 1 aliphatic heterocycles. The predicted octanol–water partition coefficient (Wildman–Crippen LogP) is -0.150. The van der Waals surface area contributed by atoms with Gasteiger partial charge in [0.25, 0.3) is 0 Å². The van der Waals surface area contributed by atoms with Gasteiger partial charge in [0, 0.05) is 12.5 Å². The minimum Gasteiger partial charge on any atom is -0.456 e. The highest BCUT2D eigenvalue weighted by Crippen LogP contribution is 2.05. The van der Waals surface area contributed by atoms with Crippen molar-refractivity contribution in [3.05, 3.63) is 12.2 Å². The maximum Gasteiger partial charge on any atom is 0.330 e. The van der Waals surface area contributed by atoms with E-state index in [4.69, 9.17) is 5.11 Å². The van der Waals surface area contributed by atoms with Crippen molar-refractivity contribution in [3.8, 4) is 0 Å². The van der Waals surface area contributed by atoms with Crippen molar-refractivity contribution >= 4 is 5.97 Å². The molecule has 1 aliphatic rings. The zero-order valence-electron chi connectivity index (χ0n) is 4.91. The highest BCUT2D eigenvalue weighted by molar-refractivity contribution is 5.82. The lowest BCUT2D eigenvalue weighted by Crippen LogP contribution is -2.23. The number of aliphatic hydroxyl groups excluding tert-OH is 1. The van der Waals surface area contributed by atoms with Gasteiger partial charge in [-0.1, -0.05) is 6.08 Å². The van der Waals surface area contributed by atoms with Crippen molar-refractivity contribution in [1.82, 2.24) is 0 Å². The van der Waals surface area contributed by atoms with E-state index in [-0.39, 0.29) is 18.7 Å². The normalized spacial score (nSPS) is 25.9. The van der Waals surface area contributed by atoms with Gasteiger partial charge in [-0.25, -0.2) is 4.79 Å². The van der Waals surface area contributed by atoms with Gasteiger partial charge >= 0.3 is 5.97 Å². The average Bonchev–Trinajstić information content (AvgIpc) is 1.88. The molecule has 0 bridgehead atoms. The van der Waals surface area contributed by atoms with Crippen LogP contribution in [-0.2, 0) is 9.53 Å². The SMILES string of the molecule is O=C1C=CC[C@H](CO)O1. The second kappa shape index (κ2) is 2.64. The molecule has 0 spiro atoms. The first-order valence-electron chi connectivity index (χ1n) is 2.81. The number of hydrogen-bond acceptors (Lipinski definition) is 3. The Kier molecular flexibility index (Phi) is 1.85. The molecule has 0 saturated heterocycles. The molecule has 0 aliphatic carbocycles. The minimum atomic E-state index is -0.361. The minimum absolute atomic E-state index is 0.0872. The fourth-order valence-electron chi connectivity index (χ4n) is 0.680. The van der Waals surface area contributed by atoms with Crippen molar-refractivity contribution in [2.45, 2.75) is 12.5 Å². The van der Waals surface area contributed by atoms with Crippen molar-refractivity contribution in [3.63, 3.8) is 0 Å². The van der Waals surface area contributed by atoms with Crippen LogP contribution in [0.15, 0.2) is 12.2 Å². The van der Waals surface area contributed by atoms with Crippen molar-refractivity contribution < 1.29 is 14.6 Å². The molecule has 1 rings (SSSR count). The second-order valence-electron chi connectivity index (χ2n) is 1.88. The topological polar surface area (TPSA) is 46.5 Å². The van der Waals surface area contributed by atoms with Crippen LogP contribution < -0.4 is 0 Å². The Bertz CT molecular complexity index is 139. The Balaban J connectivity index is 2.47. The number of hydrogen-bond donors (Lipinski definition) is 1. The summed E-state index contributed by atoms with van der Waals surface area (Å²) in [5.41, 5.74) is 0. The number of ether oxygens (including phenoxy) is 1. The lowest BCUT2D eigenvalue weighted by molar-refractivity contribution is -0.145. The highest BCUT2D eigenvalue weighted by atomic mass is 16.6. The second-order valence-corrected chi connectivity index (χ2v) is 1.88. The van der Waals surface area contributed by atoms with Crippen LogP contribution in [0.1, 0.15) is 6.42 Å². The molecule has 50 valence electrons. The molecule has 3 heteroatoms. The Morgan fingerprint density at radius 1 is 1.89 bits per heavy atom. The fourth-order valence-corrected chi connectivity index (χ4v) is 0.680. The summed E-state index contributed by atoms with van der Waals surface area (Å²) in [5.74, 6) is -0.361. The summed E-state index contributed by atoms with van der Waals surface area (Å²) in [6.45, 7) is -0.0872. The summed E-state index contributed by atoms with van der Waals surface area (Å²) in [6, 6.07) is 0. The largest absolute Gasteiger partial charge is 0.456 e. The van der Waals surface area contributed by atoms with Crippen LogP contribution in [0.3, 0.4) is 0 Å². The lowest BCUT2D eigenvalue weighted by Gasteiger charge is -2.14. The molecular weight excluding hydrogens is 120 g/mol. The van der Waals surface area contributed by atoms with Crippen LogP contribution in [0.4, 0.5) is 0 Å². The smallest absolute Gasteiger partial charge is 0.330 e. The summed E-state index contributed by atoms with van der Waals surface area (Å²) < 4.78 is 4.66. The molecule has 0 radical (unpaired) electrons. The monoisotopic (exact) mass is 128 g/mol. The summed E-state index contributed by atoms with van der Waals surface area (Å²) >= 11 is 0. The quantitative estimate of drug-likeness (QED) is 0.499. The first kappa shape index (κ1) is 6.29. The number of carbonyl (C=O) groups excluding carboxylic acids is 1. The van der Waals surface area contributed by atoms with Crippen molar-refractivity contribution in [2.75, 3.05) is 6.61 Å². The Morgan fingerprint density at radius 2 is 2.67 bits per heavy atom. The van der Waals surface area contributed by atoms with Crippen LogP contribution in [0.5, 0.6) is 0 Å². The van der Waals surface area contributed by atoms with Gasteiger partial charge < -0.3 is 9.84 Å². The molecule has 0 saturated carbocycles. The van der Waals surface area contributed by atoms with Gasteiger partial charge in [0.15, 0.2) is 0 Å². The Hall–Kier alpha value is -0.830. The standard InChI is InChI=1S/C6H8O3/c7-4-5-2-1-3-6(8)9-5/h1,3,5,7H,2,4H2/t5-/m1/s1. The summed E-state index contributed by atoms with van der Waals surface area (Å²) in [4.78, 5) is 10.4. The zero-order valence-corrected chi connectivity index (χ0v) is 4.91. The number of aliphatic hydroxyl groups is 1. The van der Waals surface area contributed by atoms with E-state index in [1.807, 2.05) is 0 Å². The molecule has 1 heterocycles. The number of rotatable bonds is 1. The molecule has 9 heavy (non-hydrogen) atoms. The van der Waals surface area contributed by atoms with E-state index in [0.29, 0.717) is 6.42 Å². The molecule has 1 atom stereocenters.